The van der Waals surface area contributed by atoms with Crippen molar-refractivity contribution in [2.75, 3.05) is 0 Å². The third-order valence-corrected chi connectivity index (χ3v) is 5.07. The molecule has 132 valence electrons. The van der Waals surface area contributed by atoms with E-state index in [1.54, 1.807) is 0 Å². The maximum atomic E-state index is 10.7. The van der Waals surface area contributed by atoms with Gasteiger partial charge in [0.15, 0.2) is 0 Å². The molecule has 2 saturated carbocycles. The van der Waals surface area contributed by atoms with Gasteiger partial charge in [0.25, 0.3) is 0 Å². The first-order valence-electron chi connectivity index (χ1n) is 8.60. The summed E-state index contributed by atoms with van der Waals surface area (Å²) in [6.45, 7) is 2.23. The third-order valence-electron chi connectivity index (χ3n) is 5.07. The summed E-state index contributed by atoms with van der Waals surface area (Å²) in [6, 6.07) is 11.8. The molecule has 0 unspecified atom stereocenters. The van der Waals surface area contributed by atoms with Gasteiger partial charge in [-0.25, -0.2) is 4.79 Å². The van der Waals surface area contributed by atoms with Crippen LogP contribution in [0.1, 0.15) is 44.6 Å². The molecular formula is C19H27ClN2O2. The van der Waals surface area contributed by atoms with Gasteiger partial charge in [0.05, 0.1) is 0 Å². The van der Waals surface area contributed by atoms with Crippen molar-refractivity contribution in [3.05, 3.63) is 41.5 Å². The Bertz CT molecular complexity index is 568. The Balaban J connectivity index is 0.00000208. The lowest BCUT2D eigenvalue weighted by atomic mass is 9.91. The largest absolute Gasteiger partial charge is 0.465 e. The number of amides is 1. The fourth-order valence-corrected chi connectivity index (χ4v) is 3.68. The number of hydrogen-bond acceptors (Lipinski definition) is 2. The molecule has 0 saturated heterocycles. The van der Waals surface area contributed by atoms with Crippen molar-refractivity contribution in [1.82, 2.24) is 10.6 Å². The number of benzene rings is 1. The summed E-state index contributed by atoms with van der Waals surface area (Å²) >= 11 is 0. The topological polar surface area (TPSA) is 61.4 Å². The SMILES string of the molecule is C/C(=C\c1ccccc1)[C@@H]1C[C@H]1NC1CCC(NC(=O)O)CC1.Cl. The molecule has 3 rings (SSSR count). The molecule has 5 heteroatoms. The van der Waals surface area contributed by atoms with E-state index in [4.69, 9.17) is 5.11 Å². The number of hydrogen-bond donors (Lipinski definition) is 3. The highest BCUT2D eigenvalue weighted by Gasteiger charge is 2.39. The highest BCUT2D eigenvalue weighted by atomic mass is 35.5. The van der Waals surface area contributed by atoms with Crippen LogP contribution >= 0.6 is 12.4 Å². The zero-order valence-electron chi connectivity index (χ0n) is 14.1. The van der Waals surface area contributed by atoms with Crippen LogP contribution in [-0.4, -0.2) is 29.3 Å². The van der Waals surface area contributed by atoms with Gasteiger partial charge >= 0.3 is 6.09 Å². The first-order valence-corrected chi connectivity index (χ1v) is 8.60. The Morgan fingerprint density at radius 1 is 1.12 bits per heavy atom. The second-order valence-corrected chi connectivity index (χ2v) is 6.91. The van der Waals surface area contributed by atoms with Gasteiger partial charge in [0.2, 0.25) is 0 Å². The molecule has 4 nitrogen and oxygen atoms in total. The van der Waals surface area contributed by atoms with E-state index in [1.165, 1.54) is 17.6 Å². The van der Waals surface area contributed by atoms with Crippen LogP contribution in [0.15, 0.2) is 35.9 Å². The van der Waals surface area contributed by atoms with Gasteiger partial charge in [-0.3, -0.25) is 0 Å². The molecule has 0 radical (unpaired) electrons. The fraction of sp³-hybridized carbons (Fsp3) is 0.526. The summed E-state index contributed by atoms with van der Waals surface area (Å²) in [5.74, 6) is 0.657. The summed E-state index contributed by atoms with van der Waals surface area (Å²) < 4.78 is 0. The van der Waals surface area contributed by atoms with Gasteiger partial charge < -0.3 is 15.7 Å². The lowest BCUT2D eigenvalue weighted by molar-refractivity contribution is 0.183. The number of rotatable bonds is 5. The van der Waals surface area contributed by atoms with Crippen LogP contribution in [0.2, 0.25) is 0 Å². The van der Waals surface area contributed by atoms with E-state index in [2.05, 4.69) is 47.9 Å². The minimum atomic E-state index is -0.898. The van der Waals surface area contributed by atoms with E-state index in [1.807, 2.05) is 6.07 Å². The van der Waals surface area contributed by atoms with E-state index in [0.29, 0.717) is 18.0 Å². The lowest BCUT2D eigenvalue weighted by Crippen LogP contribution is -2.42. The second-order valence-electron chi connectivity index (χ2n) is 6.91. The molecule has 2 aliphatic carbocycles. The maximum absolute atomic E-state index is 10.7. The number of nitrogens with one attached hydrogen (secondary N) is 2. The predicted octanol–water partition coefficient (Wildman–Crippen LogP) is 4.07. The molecule has 1 amide bonds. The van der Waals surface area contributed by atoms with Crippen molar-refractivity contribution in [1.29, 1.82) is 0 Å². The fourth-order valence-electron chi connectivity index (χ4n) is 3.68. The molecule has 0 spiro atoms. The highest BCUT2D eigenvalue weighted by molar-refractivity contribution is 5.85. The van der Waals surface area contributed by atoms with E-state index >= 15 is 0 Å². The van der Waals surface area contributed by atoms with Crippen molar-refractivity contribution in [2.24, 2.45) is 5.92 Å². The van der Waals surface area contributed by atoms with Crippen LogP contribution in [0.5, 0.6) is 0 Å². The molecule has 24 heavy (non-hydrogen) atoms. The summed E-state index contributed by atoms with van der Waals surface area (Å²) in [7, 11) is 0. The van der Waals surface area contributed by atoms with Gasteiger partial charge in [-0.05, 0) is 50.5 Å². The second kappa shape index (κ2) is 8.54. The zero-order valence-corrected chi connectivity index (χ0v) is 14.9. The molecule has 0 aromatic heterocycles. The van der Waals surface area contributed by atoms with Gasteiger partial charge in [-0.1, -0.05) is 42.0 Å². The van der Waals surface area contributed by atoms with E-state index < -0.39 is 6.09 Å². The minimum absolute atomic E-state index is 0. The predicted molar refractivity (Wildman–Crippen MR) is 99.6 cm³/mol. The molecule has 3 N–H and O–H groups in total. The van der Waals surface area contributed by atoms with Crippen molar-refractivity contribution in [3.8, 4) is 0 Å². The van der Waals surface area contributed by atoms with Crippen molar-refractivity contribution >= 4 is 24.6 Å². The van der Waals surface area contributed by atoms with Crippen LogP contribution in [0.3, 0.4) is 0 Å². The summed E-state index contributed by atoms with van der Waals surface area (Å²) in [5, 5.41) is 15.1. The number of carbonyl (C=O) groups is 1. The summed E-state index contributed by atoms with van der Waals surface area (Å²) in [4.78, 5) is 10.7. The standard InChI is InChI=1S/C19H26N2O2.ClH/c1-13(11-14-5-3-2-4-6-14)17-12-18(17)20-15-7-9-16(10-8-15)21-19(22)23;/h2-6,11,15-18,20-21H,7-10,12H2,1H3,(H,22,23);1H/b13-11+;/t15?,16?,17-,18+;/m0./s1. The van der Waals surface area contributed by atoms with Crippen LogP contribution in [-0.2, 0) is 0 Å². The van der Waals surface area contributed by atoms with Gasteiger partial charge in [0.1, 0.15) is 0 Å². The number of carboxylic acid groups (broad SMARTS) is 1. The third kappa shape index (κ3) is 5.25. The molecule has 1 aromatic carbocycles. The Labute approximate surface area is 150 Å². The summed E-state index contributed by atoms with van der Waals surface area (Å²) in [6.07, 6.45) is 6.64. The lowest BCUT2D eigenvalue weighted by Gasteiger charge is -2.29. The van der Waals surface area contributed by atoms with Crippen molar-refractivity contribution < 1.29 is 9.90 Å². The van der Waals surface area contributed by atoms with Gasteiger partial charge in [0, 0.05) is 18.1 Å². The Morgan fingerprint density at radius 2 is 1.75 bits per heavy atom. The van der Waals surface area contributed by atoms with Crippen LogP contribution < -0.4 is 10.6 Å². The number of halogens is 1. The van der Waals surface area contributed by atoms with E-state index in [0.717, 1.165) is 25.7 Å². The molecule has 0 bridgehead atoms. The van der Waals surface area contributed by atoms with E-state index in [-0.39, 0.29) is 18.4 Å². The Morgan fingerprint density at radius 3 is 2.38 bits per heavy atom. The molecular weight excluding hydrogens is 324 g/mol. The average molecular weight is 351 g/mol. The zero-order chi connectivity index (χ0) is 16.2. The van der Waals surface area contributed by atoms with E-state index in [9.17, 15) is 4.79 Å². The monoisotopic (exact) mass is 350 g/mol. The van der Waals surface area contributed by atoms with Crippen molar-refractivity contribution in [3.63, 3.8) is 0 Å². The average Bonchev–Trinajstić information content (AvgIpc) is 3.29. The minimum Gasteiger partial charge on any atom is -0.465 e. The first-order chi connectivity index (χ1) is 11.1. The van der Waals surface area contributed by atoms with Gasteiger partial charge in [-0.2, -0.15) is 0 Å². The Kier molecular flexibility index (Phi) is 6.69. The van der Waals surface area contributed by atoms with Gasteiger partial charge in [-0.15, -0.1) is 12.4 Å². The quantitative estimate of drug-likeness (QED) is 0.750. The maximum Gasteiger partial charge on any atom is 0.404 e. The molecule has 2 fully saturated rings. The normalized spacial score (nSPS) is 29.5. The highest BCUT2D eigenvalue weighted by Crippen LogP contribution is 2.39. The molecule has 0 heterocycles. The summed E-state index contributed by atoms with van der Waals surface area (Å²) in [5.41, 5.74) is 2.73. The molecule has 0 aliphatic heterocycles. The molecule has 1 aromatic rings. The first kappa shape index (κ1) is 18.8. The van der Waals surface area contributed by atoms with Crippen LogP contribution in [0, 0.1) is 5.92 Å². The van der Waals surface area contributed by atoms with Crippen molar-refractivity contribution in [2.45, 2.75) is 57.2 Å². The molecule has 2 atom stereocenters. The van der Waals surface area contributed by atoms with Crippen LogP contribution in [0.25, 0.3) is 6.08 Å². The van der Waals surface area contributed by atoms with Crippen LogP contribution in [0.4, 0.5) is 4.79 Å². The smallest absolute Gasteiger partial charge is 0.404 e. The Hall–Kier alpha value is -1.52. The molecule has 2 aliphatic rings.